The minimum atomic E-state index is -0.357. The predicted molar refractivity (Wildman–Crippen MR) is 511 cm³/mol. The van der Waals surface area contributed by atoms with Crippen molar-refractivity contribution in [3.8, 4) is 51.4 Å². The Morgan fingerprint density at radius 2 is 0.554 bits per heavy atom. The van der Waals surface area contributed by atoms with E-state index in [0.29, 0.717) is 0 Å². The first-order chi connectivity index (χ1) is 58.7. The molecule has 0 saturated heterocycles. The molecular weight excluding hydrogens is 1470 g/mol. The maximum Gasteiger partial charge on any atom is 0.260 e. The highest BCUT2D eigenvalue weighted by Gasteiger charge is 2.50. The molecule has 6 aliphatic rings. The van der Waals surface area contributed by atoms with Crippen LogP contribution in [-0.4, -0.2) is 43.0 Å². The molecule has 12 heteroatoms. The van der Waals surface area contributed by atoms with Crippen molar-refractivity contribution >= 4 is 207 Å². The van der Waals surface area contributed by atoms with Crippen LogP contribution >= 0.6 is 0 Å². The average molecular weight is 1550 g/mol. The predicted octanol–water partition coefficient (Wildman–Crippen LogP) is 21.4. The number of benzene rings is 16. The van der Waals surface area contributed by atoms with Crippen LogP contribution in [-0.2, 0) is 0 Å². The molecule has 121 heavy (non-hydrogen) atoms. The first-order valence-electron chi connectivity index (χ1n) is 42.8. The van der Waals surface area contributed by atoms with Crippen LogP contribution in [0.4, 0.5) is 28.4 Å². The van der Waals surface area contributed by atoms with Crippen LogP contribution in [0.2, 0.25) is 0 Å². The first kappa shape index (κ1) is 67.9. The summed E-state index contributed by atoms with van der Waals surface area (Å²) in [7, 11) is 0. The lowest BCUT2D eigenvalue weighted by molar-refractivity contribution is 0.464. The normalized spacial score (nSPS) is 13.6. The van der Waals surface area contributed by atoms with Crippen molar-refractivity contribution in [2.45, 2.75) is 90.0 Å². The summed E-state index contributed by atoms with van der Waals surface area (Å²) in [5, 5.41) is 16.8. The van der Waals surface area contributed by atoms with Crippen molar-refractivity contribution < 1.29 is 9.47 Å². The second-order valence-electron chi connectivity index (χ2n) is 36.7. The van der Waals surface area contributed by atoms with Gasteiger partial charge in [0.05, 0.1) is 66.9 Å². The van der Waals surface area contributed by atoms with E-state index in [2.05, 4.69) is 366 Å². The minimum Gasteiger partial charge on any atom is -0.458 e. The number of hydrogen-bond acceptors (Lipinski definition) is 4. The van der Waals surface area contributed by atoms with Gasteiger partial charge in [-0.3, -0.25) is 0 Å². The Hall–Kier alpha value is -14.1. The molecule has 27 rings (SSSR count). The molecule has 0 aliphatic carbocycles. The number of ether oxygens (including phenoxy) is 2. The molecule has 0 bridgehead atoms. The van der Waals surface area contributed by atoms with Gasteiger partial charge in [0, 0.05) is 129 Å². The smallest absolute Gasteiger partial charge is 0.260 e. The Balaban J connectivity index is 0.751. The standard InChI is InChI=1S/C109H80B3N7O2/c1-54-14-22-88-70(32-54)71-33-55(2)15-23-89(71)114(88)67-44-87-104-97(45-67)117-94-28-20-60(7)38-76(94)78-40-63(10)42-84(108(78)117)110(104)80-50-82-100(52-86(80)113-87)120-102-48-69(116-92-26-18-58(5)36-74(92)75-37-59(6)19-27-93(75)116)49-103-106(102)112(82)83-51-81-96(53-101(83)121-103)119(107-65(12)30-62(9)31-66(107)13)99-47-68(115-90-24-16-56(3)34-72(90)73-35-57(4)17-25-91(73)115)46-98-105(99)111(81)85-43-64(11)41-79-77-39-61(8)21-29-95(77)118(98)109(79)85/h14-53,113H,1-13H3. The summed E-state index contributed by atoms with van der Waals surface area (Å²) in [4.78, 5) is 2.66. The molecular formula is C109H80B3N7O2. The maximum absolute atomic E-state index is 8.06. The Kier molecular flexibility index (Phi) is 13.0. The zero-order valence-corrected chi connectivity index (χ0v) is 69.8. The fraction of sp³-hybridized carbons (Fsp3) is 0.119. The third-order valence-electron chi connectivity index (χ3n) is 28.3. The molecule has 0 atom stereocenters. The van der Waals surface area contributed by atoms with Gasteiger partial charge in [0.15, 0.2) is 0 Å². The Labute approximate surface area is 701 Å². The van der Waals surface area contributed by atoms with Crippen LogP contribution in [0.3, 0.4) is 0 Å². The summed E-state index contributed by atoms with van der Waals surface area (Å²) in [5.74, 6) is 3.19. The van der Waals surface area contributed by atoms with E-state index in [1.165, 1.54) is 220 Å². The van der Waals surface area contributed by atoms with Crippen LogP contribution < -0.4 is 68.9 Å². The fourth-order valence-corrected chi connectivity index (χ4v) is 23.7. The van der Waals surface area contributed by atoms with Gasteiger partial charge in [-0.1, -0.05) is 146 Å². The molecule has 0 unspecified atom stereocenters. The largest absolute Gasteiger partial charge is 0.458 e. The number of nitrogens with one attached hydrogen (secondary N) is 1. The molecule has 9 nitrogen and oxygen atoms in total. The molecule has 5 aromatic heterocycles. The summed E-state index contributed by atoms with van der Waals surface area (Å²) >= 11 is 0. The number of nitrogens with zero attached hydrogens (tertiary/aromatic N) is 6. The monoisotopic (exact) mass is 1550 g/mol. The molecule has 16 aromatic carbocycles. The van der Waals surface area contributed by atoms with E-state index in [1.54, 1.807) is 0 Å². The van der Waals surface area contributed by atoms with Gasteiger partial charge in [0.2, 0.25) is 0 Å². The minimum absolute atomic E-state index is 0.176. The van der Waals surface area contributed by atoms with Crippen molar-refractivity contribution in [2.75, 3.05) is 10.2 Å². The highest BCUT2D eigenvalue weighted by atomic mass is 16.5. The second-order valence-corrected chi connectivity index (χ2v) is 36.7. The Morgan fingerprint density at radius 3 is 0.983 bits per heavy atom. The van der Waals surface area contributed by atoms with Crippen molar-refractivity contribution in [2.24, 2.45) is 0 Å². The number of aromatic nitrogens is 5. The van der Waals surface area contributed by atoms with E-state index < -0.39 is 0 Å². The number of rotatable bonds is 4. The van der Waals surface area contributed by atoms with Crippen LogP contribution in [0.15, 0.2) is 243 Å². The molecule has 6 aliphatic heterocycles. The first-order valence-corrected chi connectivity index (χ1v) is 42.8. The van der Waals surface area contributed by atoms with Gasteiger partial charge in [0.25, 0.3) is 20.1 Å². The number of aryl methyl sites for hydroxylation is 13. The summed E-state index contributed by atoms with van der Waals surface area (Å²) in [6.45, 7) is 28.5. The van der Waals surface area contributed by atoms with Gasteiger partial charge in [-0.15, -0.1) is 0 Å². The molecule has 0 radical (unpaired) electrons. The van der Waals surface area contributed by atoms with Crippen molar-refractivity contribution in [3.63, 3.8) is 0 Å². The van der Waals surface area contributed by atoms with Crippen molar-refractivity contribution in [3.05, 3.63) is 315 Å². The van der Waals surface area contributed by atoms with Crippen LogP contribution in [0.25, 0.3) is 137 Å². The van der Waals surface area contributed by atoms with Gasteiger partial charge < -0.3 is 42.5 Å². The summed E-state index contributed by atoms with van der Waals surface area (Å²) in [5.41, 5.74) is 49.7. The zero-order valence-electron chi connectivity index (χ0n) is 69.8. The molecule has 0 saturated carbocycles. The molecule has 11 heterocycles. The van der Waals surface area contributed by atoms with E-state index in [9.17, 15) is 0 Å². The summed E-state index contributed by atoms with van der Waals surface area (Å²) in [6, 6.07) is 95.3. The average Bonchev–Trinajstić information content (AvgIpc) is 1.66. The maximum atomic E-state index is 8.06. The zero-order chi connectivity index (χ0) is 80.9. The second kappa shape index (κ2) is 23.3. The van der Waals surface area contributed by atoms with E-state index in [4.69, 9.17) is 9.47 Å². The van der Waals surface area contributed by atoms with Crippen LogP contribution in [0, 0.1) is 90.0 Å². The lowest BCUT2D eigenvalue weighted by Crippen LogP contribution is -2.64. The summed E-state index contributed by atoms with van der Waals surface area (Å²) in [6.07, 6.45) is 0. The van der Waals surface area contributed by atoms with Crippen LogP contribution in [0.5, 0.6) is 23.0 Å². The van der Waals surface area contributed by atoms with Crippen molar-refractivity contribution in [1.82, 2.24) is 22.8 Å². The van der Waals surface area contributed by atoms with Crippen LogP contribution in [0.1, 0.15) is 72.3 Å². The SMILES string of the molecule is Cc1cc(C)c(N2c3cc4c(cc3B3c5c2cc(-n2c6ccc(C)cc6c6cc(C)ccc62)cc5-n2c5ccc(C)cc5c5cc(C)cc3c52)B2c3cc5c(cc3Oc3cc(-n6c7ccc(C)cc7c7cc(C)ccc76)cc(c32)O4)Nc2cc(-n3c4ccc(C)cc4c4cc(C)ccc43)cc3c2B5c2cc(C)cc4c5cc(C)ccc5n-3c24)c(C)c1. The van der Waals surface area contributed by atoms with E-state index in [-0.39, 0.29) is 20.1 Å². The fourth-order valence-electron chi connectivity index (χ4n) is 23.7. The van der Waals surface area contributed by atoms with Crippen molar-refractivity contribution in [1.29, 1.82) is 0 Å². The number of hydrogen-bond donors (Lipinski definition) is 1. The molecule has 0 amide bonds. The van der Waals surface area contributed by atoms with Gasteiger partial charge in [-0.25, -0.2) is 0 Å². The van der Waals surface area contributed by atoms with Gasteiger partial charge >= 0.3 is 0 Å². The van der Waals surface area contributed by atoms with E-state index in [0.717, 1.165) is 90.2 Å². The number of anilines is 5. The van der Waals surface area contributed by atoms with E-state index >= 15 is 0 Å². The quantitative estimate of drug-likeness (QED) is 0.178. The van der Waals surface area contributed by atoms with Gasteiger partial charge in [-0.2, -0.15) is 0 Å². The molecule has 0 fully saturated rings. The molecule has 0 spiro atoms. The lowest BCUT2D eigenvalue weighted by atomic mass is 9.30. The third kappa shape index (κ3) is 8.93. The Morgan fingerprint density at radius 1 is 0.223 bits per heavy atom. The highest BCUT2D eigenvalue weighted by Crippen LogP contribution is 2.51. The Bertz CT molecular complexity index is 8390. The summed E-state index contributed by atoms with van der Waals surface area (Å²) < 4.78 is 28.7. The van der Waals surface area contributed by atoms with Gasteiger partial charge in [0.1, 0.15) is 23.0 Å². The third-order valence-corrected chi connectivity index (χ3v) is 28.3. The molecule has 21 aromatic rings. The molecule has 572 valence electrons. The lowest BCUT2D eigenvalue weighted by Gasteiger charge is -2.43. The highest BCUT2D eigenvalue weighted by molar-refractivity contribution is 7.04. The van der Waals surface area contributed by atoms with Gasteiger partial charge in [-0.05, 0) is 278 Å². The number of fused-ring (bicyclic) bond motifs is 27. The topological polar surface area (TPSA) is 58.4 Å². The molecule has 1 N–H and O–H groups in total. The van der Waals surface area contributed by atoms with E-state index in [1.807, 2.05) is 0 Å².